The summed E-state index contributed by atoms with van der Waals surface area (Å²) in [5.74, 6) is 1.40. The first-order valence-electron chi connectivity index (χ1n) is 5.77. The number of hydrogen-bond acceptors (Lipinski definition) is 4. The lowest BCUT2D eigenvalue weighted by Crippen LogP contribution is -2.26. The van der Waals surface area contributed by atoms with E-state index >= 15 is 0 Å². The summed E-state index contributed by atoms with van der Waals surface area (Å²) in [6, 6.07) is 3.63. The molecular weight excluding hydrogens is 218 g/mol. The van der Waals surface area contributed by atoms with Crippen molar-refractivity contribution in [1.82, 2.24) is 10.3 Å². The molecule has 1 aromatic heterocycles. The van der Waals surface area contributed by atoms with Crippen molar-refractivity contribution in [2.24, 2.45) is 0 Å². The Morgan fingerprint density at radius 2 is 2.29 bits per heavy atom. The quantitative estimate of drug-likeness (QED) is 0.752. The molecule has 0 saturated heterocycles. The molecule has 5 nitrogen and oxygen atoms in total. The van der Waals surface area contributed by atoms with Crippen LogP contribution in [0.2, 0.25) is 0 Å². The summed E-state index contributed by atoms with van der Waals surface area (Å²) in [6.45, 7) is 3.30. The number of hydrogen-bond donors (Lipinski definition) is 2. The van der Waals surface area contributed by atoms with Crippen molar-refractivity contribution >= 4 is 11.7 Å². The molecule has 0 saturated carbocycles. The molecule has 5 heteroatoms. The van der Waals surface area contributed by atoms with Crippen LogP contribution in [0, 0.1) is 0 Å². The van der Waals surface area contributed by atoms with Gasteiger partial charge < -0.3 is 15.4 Å². The number of nitrogens with zero attached hydrogens (tertiary/aromatic N) is 1. The summed E-state index contributed by atoms with van der Waals surface area (Å²) in [4.78, 5) is 15.5. The minimum atomic E-state index is 0.0502. The summed E-state index contributed by atoms with van der Waals surface area (Å²) in [6.07, 6.45) is 3.06. The molecule has 0 spiro atoms. The second-order valence-corrected chi connectivity index (χ2v) is 3.58. The van der Waals surface area contributed by atoms with Crippen molar-refractivity contribution in [3.8, 4) is 5.75 Å². The molecule has 0 aliphatic carbocycles. The predicted octanol–water partition coefficient (Wildman–Crippen LogP) is 1.42. The van der Waals surface area contributed by atoms with Gasteiger partial charge in [0, 0.05) is 25.7 Å². The average Bonchev–Trinajstić information content (AvgIpc) is 2.37. The van der Waals surface area contributed by atoms with Crippen LogP contribution in [0.3, 0.4) is 0 Å². The fourth-order valence-electron chi connectivity index (χ4n) is 1.34. The molecule has 0 bridgehead atoms. The van der Waals surface area contributed by atoms with Gasteiger partial charge >= 0.3 is 0 Å². The van der Waals surface area contributed by atoms with Crippen LogP contribution in [0.4, 0.5) is 5.82 Å². The number of carbonyl (C=O) groups is 1. The first-order valence-corrected chi connectivity index (χ1v) is 5.77. The molecule has 1 amide bonds. The Balaban J connectivity index is 2.33. The highest BCUT2D eigenvalue weighted by molar-refractivity contribution is 5.76. The summed E-state index contributed by atoms with van der Waals surface area (Å²) in [7, 11) is 1.59. The predicted molar refractivity (Wildman–Crippen MR) is 67.2 cm³/mol. The van der Waals surface area contributed by atoms with Crippen LogP contribution >= 0.6 is 0 Å². The van der Waals surface area contributed by atoms with Gasteiger partial charge in [-0.05, 0) is 18.6 Å². The molecule has 0 aromatic carbocycles. The molecule has 0 aliphatic rings. The number of carbonyl (C=O) groups excluding carboxylic acids is 1. The standard InChI is InChI=1S/C12H19N3O2/c1-3-7-13-11(16)6-9-15-12-10(17-2)5-4-8-14-12/h4-5,8H,3,6-7,9H2,1-2H3,(H,13,16)(H,14,15). The number of amides is 1. The van der Waals surface area contributed by atoms with E-state index in [1.54, 1.807) is 19.4 Å². The van der Waals surface area contributed by atoms with Gasteiger partial charge in [0.05, 0.1) is 7.11 Å². The lowest BCUT2D eigenvalue weighted by Gasteiger charge is -2.09. The van der Waals surface area contributed by atoms with Gasteiger partial charge in [0.2, 0.25) is 5.91 Å². The third kappa shape index (κ3) is 4.72. The Morgan fingerprint density at radius 1 is 1.47 bits per heavy atom. The van der Waals surface area contributed by atoms with Gasteiger partial charge in [0.25, 0.3) is 0 Å². The van der Waals surface area contributed by atoms with Gasteiger partial charge in [0.1, 0.15) is 0 Å². The zero-order valence-electron chi connectivity index (χ0n) is 10.3. The Morgan fingerprint density at radius 3 is 3.00 bits per heavy atom. The third-order valence-electron chi connectivity index (χ3n) is 2.21. The monoisotopic (exact) mass is 237 g/mol. The van der Waals surface area contributed by atoms with E-state index in [-0.39, 0.29) is 5.91 Å². The van der Waals surface area contributed by atoms with E-state index < -0.39 is 0 Å². The van der Waals surface area contributed by atoms with Crippen molar-refractivity contribution in [1.29, 1.82) is 0 Å². The van der Waals surface area contributed by atoms with E-state index in [9.17, 15) is 4.79 Å². The maximum Gasteiger partial charge on any atom is 0.221 e. The molecule has 0 unspecified atom stereocenters. The smallest absolute Gasteiger partial charge is 0.221 e. The zero-order valence-corrected chi connectivity index (χ0v) is 10.3. The fourth-order valence-corrected chi connectivity index (χ4v) is 1.34. The number of aromatic nitrogens is 1. The SMILES string of the molecule is CCCNC(=O)CCNc1ncccc1OC. The summed E-state index contributed by atoms with van der Waals surface area (Å²) in [5.41, 5.74) is 0. The van der Waals surface area contributed by atoms with E-state index in [0.717, 1.165) is 13.0 Å². The van der Waals surface area contributed by atoms with Gasteiger partial charge in [-0.25, -0.2) is 4.98 Å². The molecule has 2 N–H and O–H groups in total. The number of nitrogens with one attached hydrogen (secondary N) is 2. The molecule has 0 aliphatic heterocycles. The normalized spacial score (nSPS) is 9.76. The number of methoxy groups -OCH3 is 1. The van der Waals surface area contributed by atoms with E-state index in [1.165, 1.54) is 0 Å². The maximum absolute atomic E-state index is 11.3. The largest absolute Gasteiger partial charge is 0.493 e. The summed E-state index contributed by atoms with van der Waals surface area (Å²) < 4.78 is 5.14. The highest BCUT2D eigenvalue weighted by Gasteiger charge is 2.04. The minimum absolute atomic E-state index is 0.0502. The van der Waals surface area contributed by atoms with Gasteiger partial charge in [-0.2, -0.15) is 0 Å². The third-order valence-corrected chi connectivity index (χ3v) is 2.21. The fraction of sp³-hybridized carbons (Fsp3) is 0.500. The molecule has 17 heavy (non-hydrogen) atoms. The van der Waals surface area contributed by atoms with Crippen molar-refractivity contribution in [3.05, 3.63) is 18.3 Å². The van der Waals surface area contributed by atoms with Crippen LogP contribution < -0.4 is 15.4 Å². The first-order chi connectivity index (χ1) is 8.27. The number of ether oxygens (including phenoxy) is 1. The molecule has 94 valence electrons. The van der Waals surface area contributed by atoms with Crippen molar-refractivity contribution in [2.45, 2.75) is 19.8 Å². The lowest BCUT2D eigenvalue weighted by atomic mass is 10.3. The highest BCUT2D eigenvalue weighted by atomic mass is 16.5. The Labute approximate surface area is 102 Å². The Kier molecular flexibility index (Phi) is 5.85. The van der Waals surface area contributed by atoms with Crippen LogP contribution in [0.1, 0.15) is 19.8 Å². The average molecular weight is 237 g/mol. The molecule has 1 heterocycles. The Bertz CT molecular complexity index is 355. The summed E-state index contributed by atoms with van der Waals surface area (Å²) in [5, 5.41) is 5.89. The van der Waals surface area contributed by atoms with Gasteiger partial charge in [-0.1, -0.05) is 6.92 Å². The van der Waals surface area contributed by atoms with E-state index in [0.29, 0.717) is 24.5 Å². The molecule has 0 radical (unpaired) electrons. The van der Waals surface area contributed by atoms with Gasteiger partial charge in [-0.3, -0.25) is 4.79 Å². The molecule has 1 rings (SSSR count). The molecular formula is C12H19N3O2. The van der Waals surface area contributed by atoms with Crippen LogP contribution in [-0.2, 0) is 4.79 Å². The number of rotatable bonds is 7. The molecule has 0 fully saturated rings. The molecule has 0 atom stereocenters. The van der Waals surface area contributed by atoms with E-state index in [4.69, 9.17) is 4.74 Å². The second-order valence-electron chi connectivity index (χ2n) is 3.58. The van der Waals surface area contributed by atoms with Crippen molar-refractivity contribution in [3.63, 3.8) is 0 Å². The highest BCUT2D eigenvalue weighted by Crippen LogP contribution is 2.19. The number of anilines is 1. The van der Waals surface area contributed by atoms with Gasteiger partial charge in [-0.15, -0.1) is 0 Å². The van der Waals surface area contributed by atoms with Gasteiger partial charge in [0.15, 0.2) is 11.6 Å². The van der Waals surface area contributed by atoms with Crippen LogP contribution in [-0.4, -0.2) is 31.1 Å². The van der Waals surface area contributed by atoms with Crippen molar-refractivity contribution in [2.75, 3.05) is 25.5 Å². The van der Waals surface area contributed by atoms with E-state index in [1.807, 2.05) is 13.0 Å². The first kappa shape index (κ1) is 13.3. The van der Waals surface area contributed by atoms with Crippen LogP contribution in [0.15, 0.2) is 18.3 Å². The topological polar surface area (TPSA) is 63.2 Å². The zero-order chi connectivity index (χ0) is 12.5. The minimum Gasteiger partial charge on any atom is -0.493 e. The lowest BCUT2D eigenvalue weighted by molar-refractivity contribution is -0.120. The Hall–Kier alpha value is -1.78. The van der Waals surface area contributed by atoms with Crippen LogP contribution in [0.5, 0.6) is 5.75 Å². The molecule has 1 aromatic rings. The summed E-state index contributed by atoms with van der Waals surface area (Å²) >= 11 is 0. The number of pyridine rings is 1. The van der Waals surface area contributed by atoms with E-state index in [2.05, 4.69) is 15.6 Å². The maximum atomic E-state index is 11.3. The van der Waals surface area contributed by atoms with Crippen LogP contribution in [0.25, 0.3) is 0 Å². The second kappa shape index (κ2) is 7.49. The van der Waals surface area contributed by atoms with Crippen molar-refractivity contribution < 1.29 is 9.53 Å².